The average molecular weight is 372 g/mol. The van der Waals surface area contributed by atoms with Gasteiger partial charge in [0.15, 0.2) is 0 Å². The molecule has 0 unspecified atom stereocenters. The summed E-state index contributed by atoms with van der Waals surface area (Å²) in [6.07, 6.45) is -0.870. The minimum absolute atomic E-state index is 0.240. The van der Waals surface area contributed by atoms with E-state index in [-0.39, 0.29) is 10.9 Å². The van der Waals surface area contributed by atoms with Crippen LogP contribution in [-0.4, -0.2) is 53.6 Å². The zero-order valence-electron chi connectivity index (χ0n) is 14.0. The van der Waals surface area contributed by atoms with E-state index in [2.05, 4.69) is 5.32 Å². The zero-order chi connectivity index (χ0) is 18.8. The summed E-state index contributed by atoms with van der Waals surface area (Å²) in [6, 6.07) is 6.24. The minimum Gasteiger partial charge on any atom is -0.491 e. The van der Waals surface area contributed by atoms with Crippen molar-refractivity contribution in [1.82, 2.24) is 9.62 Å². The van der Waals surface area contributed by atoms with Crippen LogP contribution in [0.4, 0.5) is 4.79 Å². The number of nitrogens with zero attached hydrogens (tertiary/aromatic N) is 1. The van der Waals surface area contributed by atoms with Crippen molar-refractivity contribution >= 4 is 22.3 Å². The summed E-state index contributed by atoms with van der Waals surface area (Å²) in [5, 5.41) is 2.30. The number of carbonyl (C=O) groups excluding carboxylic acids is 2. The molecule has 2 N–H and O–H groups in total. The van der Waals surface area contributed by atoms with Crippen molar-refractivity contribution in [3.05, 3.63) is 30.3 Å². The molecule has 25 heavy (non-hydrogen) atoms. The first-order chi connectivity index (χ1) is 11.5. The van der Waals surface area contributed by atoms with E-state index in [0.29, 0.717) is 5.75 Å². The van der Waals surface area contributed by atoms with E-state index in [4.69, 9.17) is 9.47 Å². The van der Waals surface area contributed by atoms with Gasteiger partial charge in [-0.3, -0.25) is 9.35 Å². The molecule has 0 spiro atoms. The first-order valence-electron chi connectivity index (χ1n) is 7.47. The van der Waals surface area contributed by atoms with Gasteiger partial charge in [0.2, 0.25) is 0 Å². The molecule has 138 valence electrons. The number of hydrogen-bond donors (Lipinski definition) is 2. The predicted molar refractivity (Wildman–Crippen MR) is 87.3 cm³/mol. The maximum Gasteiger partial charge on any atom is 0.408 e. The summed E-state index contributed by atoms with van der Waals surface area (Å²) in [5.41, 5.74) is -0.782. The van der Waals surface area contributed by atoms with E-state index < -0.39 is 40.0 Å². The van der Waals surface area contributed by atoms with Gasteiger partial charge in [-0.05, 0) is 32.9 Å². The molecule has 1 aliphatic heterocycles. The fourth-order valence-electron chi connectivity index (χ4n) is 2.26. The van der Waals surface area contributed by atoms with Gasteiger partial charge in [0.1, 0.15) is 30.0 Å². The molecule has 2 atom stereocenters. The quantitative estimate of drug-likeness (QED) is 0.583. The van der Waals surface area contributed by atoms with Crippen molar-refractivity contribution < 1.29 is 32.0 Å². The van der Waals surface area contributed by atoms with Gasteiger partial charge >= 0.3 is 16.4 Å². The minimum atomic E-state index is -4.76. The molecule has 9 nitrogen and oxygen atoms in total. The topological polar surface area (TPSA) is 122 Å². The van der Waals surface area contributed by atoms with E-state index in [0.717, 1.165) is 0 Å². The molecule has 0 bridgehead atoms. The Labute approximate surface area is 145 Å². The molecular formula is C15H20N2O7S. The number of rotatable bonds is 5. The number of amides is 2. The van der Waals surface area contributed by atoms with Crippen LogP contribution in [0, 0.1) is 0 Å². The Kier molecular flexibility index (Phi) is 5.23. The van der Waals surface area contributed by atoms with E-state index in [1.807, 2.05) is 0 Å². The maximum atomic E-state index is 12.0. The first-order valence-corrected chi connectivity index (χ1v) is 8.87. The molecule has 1 aromatic carbocycles. The van der Waals surface area contributed by atoms with Crippen LogP contribution in [0.15, 0.2) is 30.3 Å². The monoisotopic (exact) mass is 372 g/mol. The molecule has 0 aliphatic carbocycles. The highest BCUT2D eigenvalue weighted by molar-refractivity contribution is 7.84. The van der Waals surface area contributed by atoms with Gasteiger partial charge in [0.05, 0.1) is 0 Å². The summed E-state index contributed by atoms with van der Waals surface area (Å²) in [6.45, 7) is 4.71. The average Bonchev–Trinajstić information content (AvgIpc) is 2.46. The Bertz CT molecular complexity index is 743. The zero-order valence-corrected chi connectivity index (χ0v) is 14.8. The Morgan fingerprint density at radius 1 is 1.28 bits per heavy atom. The highest BCUT2D eigenvalue weighted by atomic mass is 32.2. The number of alkyl carbamates (subject to hydrolysis) is 1. The summed E-state index contributed by atoms with van der Waals surface area (Å²) < 4.78 is 42.7. The van der Waals surface area contributed by atoms with Gasteiger partial charge in [0, 0.05) is 0 Å². The molecule has 1 aliphatic rings. The second kappa shape index (κ2) is 6.89. The third kappa shape index (κ3) is 4.83. The molecule has 2 amide bonds. The number of carbonyl (C=O) groups is 2. The second-order valence-electron chi connectivity index (χ2n) is 6.43. The van der Waals surface area contributed by atoms with Crippen molar-refractivity contribution in [3.8, 4) is 5.75 Å². The van der Waals surface area contributed by atoms with E-state index in [1.54, 1.807) is 51.1 Å². The Morgan fingerprint density at radius 3 is 2.40 bits per heavy atom. The van der Waals surface area contributed by atoms with Gasteiger partial charge in [-0.25, -0.2) is 9.10 Å². The van der Waals surface area contributed by atoms with Crippen molar-refractivity contribution in [1.29, 1.82) is 0 Å². The Morgan fingerprint density at radius 2 is 1.88 bits per heavy atom. The van der Waals surface area contributed by atoms with Crippen LogP contribution < -0.4 is 10.1 Å². The van der Waals surface area contributed by atoms with Crippen LogP contribution in [0.2, 0.25) is 0 Å². The van der Waals surface area contributed by atoms with Crippen LogP contribution in [0.25, 0.3) is 0 Å². The lowest BCUT2D eigenvalue weighted by atomic mass is 10.00. The number of hydrogen-bond acceptors (Lipinski definition) is 6. The predicted octanol–water partition coefficient (Wildman–Crippen LogP) is 0.972. The van der Waals surface area contributed by atoms with Crippen LogP contribution in [-0.2, 0) is 19.8 Å². The number of para-hydroxylation sites is 1. The lowest BCUT2D eigenvalue weighted by Gasteiger charge is -2.43. The van der Waals surface area contributed by atoms with E-state index >= 15 is 0 Å². The maximum absolute atomic E-state index is 12.0. The van der Waals surface area contributed by atoms with Crippen molar-refractivity contribution in [2.75, 3.05) is 6.61 Å². The van der Waals surface area contributed by atoms with Gasteiger partial charge in [0.25, 0.3) is 5.91 Å². The molecular weight excluding hydrogens is 352 g/mol. The summed E-state index contributed by atoms with van der Waals surface area (Å²) in [5.74, 6) is -0.511. The Hall–Kier alpha value is -2.33. The fraction of sp³-hybridized carbons (Fsp3) is 0.467. The highest BCUT2D eigenvalue weighted by Crippen LogP contribution is 2.25. The summed E-state index contributed by atoms with van der Waals surface area (Å²) >= 11 is 0. The van der Waals surface area contributed by atoms with Crippen LogP contribution in [0.3, 0.4) is 0 Å². The molecule has 0 saturated carbocycles. The molecule has 1 fully saturated rings. The van der Waals surface area contributed by atoms with E-state index in [9.17, 15) is 22.6 Å². The standard InChI is InChI=1S/C15H20N2O7S/c1-15(2,3)24-14(19)16-12-11(17(13(12)18)25(20,21)22)9-23-10-7-5-4-6-8-10/h4-8,11-12H,9H2,1-3H3,(H,16,19)(H,20,21,22)/t11-,12+/m1/s1. The fourth-order valence-corrected chi connectivity index (χ4v) is 3.12. The smallest absolute Gasteiger partial charge is 0.408 e. The van der Waals surface area contributed by atoms with Gasteiger partial charge in [-0.1, -0.05) is 18.2 Å². The molecule has 1 aromatic rings. The largest absolute Gasteiger partial charge is 0.491 e. The first kappa shape index (κ1) is 19.0. The van der Waals surface area contributed by atoms with Gasteiger partial charge in [-0.15, -0.1) is 0 Å². The molecule has 10 heteroatoms. The summed E-state index contributed by atoms with van der Waals surface area (Å²) in [4.78, 5) is 23.8. The van der Waals surface area contributed by atoms with Crippen molar-refractivity contribution in [3.63, 3.8) is 0 Å². The van der Waals surface area contributed by atoms with Crippen LogP contribution in [0.1, 0.15) is 20.8 Å². The molecule has 0 aromatic heterocycles. The summed E-state index contributed by atoms with van der Waals surface area (Å²) in [7, 11) is -4.76. The SMILES string of the molecule is CC(C)(C)OC(=O)N[C@@H]1C(=O)N(S(=O)(=O)O)[C@@H]1COc1ccccc1. The molecule has 0 radical (unpaired) electrons. The van der Waals surface area contributed by atoms with Crippen molar-refractivity contribution in [2.24, 2.45) is 0 Å². The molecule has 2 rings (SSSR count). The highest BCUT2D eigenvalue weighted by Gasteiger charge is 2.54. The van der Waals surface area contributed by atoms with E-state index in [1.165, 1.54) is 0 Å². The molecule has 1 heterocycles. The normalized spacial score (nSPS) is 20.6. The number of β-lactam (4-membered cyclic amide) rings is 1. The lowest BCUT2D eigenvalue weighted by Crippen LogP contribution is -2.73. The number of ether oxygens (including phenoxy) is 2. The van der Waals surface area contributed by atoms with Crippen LogP contribution >= 0.6 is 0 Å². The van der Waals surface area contributed by atoms with Gasteiger partial charge in [-0.2, -0.15) is 8.42 Å². The third-order valence-corrected chi connectivity index (χ3v) is 4.20. The lowest BCUT2D eigenvalue weighted by molar-refractivity contribution is -0.143. The molecule has 1 saturated heterocycles. The third-order valence-electron chi connectivity index (χ3n) is 3.25. The number of nitrogens with one attached hydrogen (secondary N) is 1. The van der Waals surface area contributed by atoms with Crippen molar-refractivity contribution in [2.45, 2.75) is 38.5 Å². The van der Waals surface area contributed by atoms with Gasteiger partial charge < -0.3 is 14.8 Å². The second-order valence-corrected chi connectivity index (χ2v) is 7.72. The Balaban J connectivity index is 2.09. The van der Waals surface area contributed by atoms with Crippen LogP contribution in [0.5, 0.6) is 5.75 Å². The number of benzene rings is 1.